The SMILES string of the molecule is CCCc1ccc(N2CC(C)OC(C3CC3)C2)nn1. The van der Waals surface area contributed by atoms with Gasteiger partial charge in [0, 0.05) is 13.1 Å². The van der Waals surface area contributed by atoms with E-state index < -0.39 is 0 Å². The summed E-state index contributed by atoms with van der Waals surface area (Å²) in [6, 6.07) is 4.22. The zero-order valence-electron chi connectivity index (χ0n) is 11.9. The van der Waals surface area contributed by atoms with Gasteiger partial charge in [-0.25, -0.2) is 0 Å². The predicted octanol–water partition coefficient (Wildman–Crippen LogP) is 2.43. The summed E-state index contributed by atoms with van der Waals surface area (Å²) in [5.74, 6) is 1.78. The highest BCUT2D eigenvalue weighted by atomic mass is 16.5. The first kappa shape index (κ1) is 12.9. The maximum absolute atomic E-state index is 6.03. The summed E-state index contributed by atoms with van der Waals surface area (Å²) in [4.78, 5) is 2.33. The molecule has 0 radical (unpaired) electrons. The molecule has 2 unspecified atom stereocenters. The fraction of sp³-hybridized carbons (Fsp3) is 0.733. The zero-order chi connectivity index (χ0) is 13.2. The van der Waals surface area contributed by atoms with Crippen LogP contribution < -0.4 is 4.90 Å². The Morgan fingerprint density at radius 3 is 2.74 bits per heavy atom. The van der Waals surface area contributed by atoms with Crippen molar-refractivity contribution in [2.45, 2.75) is 51.7 Å². The van der Waals surface area contributed by atoms with Gasteiger partial charge in [0.1, 0.15) is 0 Å². The smallest absolute Gasteiger partial charge is 0.151 e. The summed E-state index contributed by atoms with van der Waals surface area (Å²) < 4.78 is 6.03. The molecule has 1 saturated carbocycles. The first-order chi connectivity index (χ1) is 9.26. The number of ether oxygens (including phenoxy) is 1. The van der Waals surface area contributed by atoms with Crippen molar-refractivity contribution in [3.8, 4) is 0 Å². The molecule has 104 valence electrons. The van der Waals surface area contributed by atoms with E-state index in [1.54, 1.807) is 0 Å². The van der Waals surface area contributed by atoms with Gasteiger partial charge in [-0.3, -0.25) is 0 Å². The van der Waals surface area contributed by atoms with Crippen LogP contribution in [0.1, 0.15) is 38.8 Å². The first-order valence-electron chi connectivity index (χ1n) is 7.49. The zero-order valence-corrected chi connectivity index (χ0v) is 11.9. The third kappa shape index (κ3) is 3.06. The fourth-order valence-electron chi connectivity index (χ4n) is 2.81. The molecule has 0 N–H and O–H groups in total. The van der Waals surface area contributed by atoms with E-state index >= 15 is 0 Å². The van der Waals surface area contributed by atoms with Gasteiger partial charge in [-0.1, -0.05) is 13.3 Å². The second-order valence-corrected chi connectivity index (χ2v) is 5.86. The van der Waals surface area contributed by atoms with E-state index in [2.05, 4.69) is 41.1 Å². The summed E-state index contributed by atoms with van der Waals surface area (Å²) in [6.07, 6.45) is 5.46. The van der Waals surface area contributed by atoms with Gasteiger partial charge in [0.2, 0.25) is 0 Å². The molecule has 1 aliphatic carbocycles. The van der Waals surface area contributed by atoms with Crippen LogP contribution in [0, 0.1) is 5.92 Å². The summed E-state index contributed by atoms with van der Waals surface area (Å²) in [6.45, 7) is 6.21. The van der Waals surface area contributed by atoms with E-state index in [1.807, 2.05) is 0 Å². The molecule has 1 saturated heterocycles. The molecule has 0 bridgehead atoms. The lowest BCUT2D eigenvalue weighted by atomic mass is 10.1. The normalized spacial score (nSPS) is 27.6. The molecule has 4 nitrogen and oxygen atoms in total. The minimum Gasteiger partial charge on any atom is -0.371 e. The van der Waals surface area contributed by atoms with Crippen molar-refractivity contribution in [3.63, 3.8) is 0 Å². The predicted molar refractivity (Wildman–Crippen MR) is 75.3 cm³/mol. The van der Waals surface area contributed by atoms with Crippen LogP contribution in [0.3, 0.4) is 0 Å². The lowest BCUT2D eigenvalue weighted by Gasteiger charge is -2.37. The number of rotatable bonds is 4. The number of morpholine rings is 1. The molecule has 4 heteroatoms. The highest BCUT2D eigenvalue weighted by molar-refractivity contribution is 5.38. The lowest BCUT2D eigenvalue weighted by molar-refractivity contribution is -0.0274. The molecule has 2 heterocycles. The highest BCUT2D eigenvalue weighted by Gasteiger charge is 2.37. The fourth-order valence-corrected chi connectivity index (χ4v) is 2.81. The second kappa shape index (κ2) is 5.45. The topological polar surface area (TPSA) is 38.2 Å². The van der Waals surface area contributed by atoms with Crippen LogP contribution in [0.4, 0.5) is 5.82 Å². The Bertz CT molecular complexity index is 416. The van der Waals surface area contributed by atoms with Gasteiger partial charge in [0.15, 0.2) is 5.82 Å². The van der Waals surface area contributed by atoms with Gasteiger partial charge in [-0.15, -0.1) is 5.10 Å². The Balaban J connectivity index is 1.69. The largest absolute Gasteiger partial charge is 0.371 e. The van der Waals surface area contributed by atoms with Crippen LogP contribution in [-0.4, -0.2) is 35.5 Å². The number of nitrogens with zero attached hydrogens (tertiary/aromatic N) is 3. The minimum atomic E-state index is 0.288. The van der Waals surface area contributed by atoms with Gasteiger partial charge in [0.25, 0.3) is 0 Å². The van der Waals surface area contributed by atoms with Crippen LogP contribution in [0.15, 0.2) is 12.1 Å². The Morgan fingerprint density at radius 2 is 2.11 bits per heavy atom. The average Bonchev–Trinajstić information content (AvgIpc) is 3.23. The maximum Gasteiger partial charge on any atom is 0.151 e. The molecule has 1 aromatic heterocycles. The Kier molecular flexibility index (Phi) is 3.69. The van der Waals surface area contributed by atoms with E-state index in [0.29, 0.717) is 6.10 Å². The van der Waals surface area contributed by atoms with Crippen molar-refractivity contribution >= 4 is 5.82 Å². The van der Waals surface area contributed by atoms with Gasteiger partial charge >= 0.3 is 0 Å². The van der Waals surface area contributed by atoms with Crippen LogP contribution in [-0.2, 0) is 11.2 Å². The van der Waals surface area contributed by atoms with Crippen LogP contribution in [0.5, 0.6) is 0 Å². The van der Waals surface area contributed by atoms with Crippen molar-refractivity contribution in [2.24, 2.45) is 5.92 Å². The van der Waals surface area contributed by atoms with Gasteiger partial charge < -0.3 is 9.64 Å². The summed E-state index contributed by atoms with van der Waals surface area (Å²) >= 11 is 0. The maximum atomic E-state index is 6.03. The third-order valence-corrected chi connectivity index (χ3v) is 3.97. The molecule has 1 aliphatic heterocycles. The van der Waals surface area contributed by atoms with Crippen LogP contribution in [0.25, 0.3) is 0 Å². The Morgan fingerprint density at radius 1 is 1.26 bits per heavy atom. The van der Waals surface area contributed by atoms with Crippen molar-refractivity contribution in [3.05, 3.63) is 17.8 Å². The van der Waals surface area contributed by atoms with Crippen molar-refractivity contribution in [1.29, 1.82) is 0 Å². The number of aromatic nitrogens is 2. The van der Waals surface area contributed by atoms with Crippen molar-refractivity contribution < 1.29 is 4.74 Å². The number of hydrogen-bond donors (Lipinski definition) is 0. The highest BCUT2D eigenvalue weighted by Crippen LogP contribution is 2.37. The van der Waals surface area contributed by atoms with E-state index in [-0.39, 0.29) is 6.10 Å². The molecule has 0 spiro atoms. The number of anilines is 1. The van der Waals surface area contributed by atoms with Gasteiger partial charge in [-0.05, 0) is 44.2 Å². The van der Waals surface area contributed by atoms with Crippen LogP contribution >= 0.6 is 0 Å². The van der Waals surface area contributed by atoms with Crippen molar-refractivity contribution in [1.82, 2.24) is 10.2 Å². The summed E-state index contributed by atoms with van der Waals surface area (Å²) in [5, 5.41) is 8.71. The molecule has 2 atom stereocenters. The molecular formula is C15H23N3O. The quantitative estimate of drug-likeness (QED) is 0.834. The average molecular weight is 261 g/mol. The first-order valence-corrected chi connectivity index (χ1v) is 7.49. The third-order valence-electron chi connectivity index (χ3n) is 3.97. The molecular weight excluding hydrogens is 238 g/mol. The molecule has 19 heavy (non-hydrogen) atoms. The molecule has 0 amide bonds. The number of aryl methyl sites for hydroxylation is 1. The van der Waals surface area contributed by atoms with Gasteiger partial charge in [-0.2, -0.15) is 5.10 Å². The monoisotopic (exact) mass is 261 g/mol. The van der Waals surface area contributed by atoms with E-state index in [1.165, 1.54) is 12.8 Å². The molecule has 3 rings (SSSR count). The van der Waals surface area contributed by atoms with Crippen LogP contribution in [0.2, 0.25) is 0 Å². The number of hydrogen-bond acceptors (Lipinski definition) is 4. The second-order valence-electron chi connectivity index (χ2n) is 5.86. The molecule has 2 fully saturated rings. The summed E-state index contributed by atoms with van der Waals surface area (Å²) in [5.41, 5.74) is 1.09. The summed E-state index contributed by atoms with van der Waals surface area (Å²) in [7, 11) is 0. The minimum absolute atomic E-state index is 0.288. The standard InChI is InChI=1S/C15H23N3O/c1-3-4-13-7-8-15(17-16-13)18-9-11(2)19-14(10-18)12-5-6-12/h7-8,11-12,14H,3-6,9-10H2,1-2H3. The van der Waals surface area contributed by atoms with E-state index in [0.717, 1.165) is 43.4 Å². The van der Waals surface area contributed by atoms with Crippen molar-refractivity contribution in [2.75, 3.05) is 18.0 Å². The van der Waals surface area contributed by atoms with E-state index in [4.69, 9.17) is 4.74 Å². The Hall–Kier alpha value is -1.16. The Labute approximate surface area is 115 Å². The molecule has 0 aromatic carbocycles. The van der Waals surface area contributed by atoms with Gasteiger partial charge in [0.05, 0.1) is 17.9 Å². The lowest BCUT2D eigenvalue weighted by Crippen LogP contribution is -2.47. The molecule has 1 aromatic rings. The molecule has 2 aliphatic rings. The van der Waals surface area contributed by atoms with E-state index in [9.17, 15) is 0 Å².